The minimum absolute atomic E-state index is 0.235. The fraction of sp³-hybridized carbons (Fsp3) is 0.400. The maximum absolute atomic E-state index is 11.2. The highest BCUT2D eigenvalue weighted by Gasteiger charge is 2.33. The molecule has 1 amide bonds. The summed E-state index contributed by atoms with van der Waals surface area (Å²) in [6, 6.07) is 1.90. The largest absolute Gasteiger partial charge is 0.373 e. The van der Waals surface area contributed by atoms with Gasteiger partial charge in [0.25, 0.3) is 0 Å². The smallest absolute Gasteiger partial charge is 0.223 e. The van der Waals surface area contributed by atoms with Crippen LogP contribution < -0.4 is 5.73 Å². The summed E-state index contributed by atoms with van der Waals surface area (Å²) in [6.45, 7) is 0.574. The lowest BCUT2D eigenvalue weighted by molar-refractivity contribution is -0.123. The molecule has 2 rings (SSSR count). The van der Waals surface area contributed by atoms with E-state index in [2.05, 4.69) is 20.9 Å². The average molecular weight is 271 g/mol. The zero-order valence-electron chi connectivity index (χ0n) is 8.02. The Kier molecular flexibility index (Phi) is 3.02. The minimum Gasteiger partial charge on any atom is -0.373 e. The molecule has 5 heteroatoms. The third-order valence-electron chi connectivity index (χ3n) is 2.51. The monoisotopic (exact) mass is 270 g/mol. The standard InChI is InChI=1S/C10H11BrN2O2/c11-7-3-6(4-13-5-7)9-8(10(12)14)1-2-15-9/h3-5,8-9H,1-2H2,(H2,12,14)/t8-,9+/m1/s1. The highest BCUT2D eigenvalue weighted by molar-refractivity contribution is 9.10. The molecule has 0 bridgehead atoms. The Bertz CT molecular complexity index is 383. The van der Waals surface area contributed by atoms with Crippen molar-refractivity contribution in [1.82, 2.24) is 4.98 Å². The molecule has 1 fully saturated rings. The number of nitrogens with two attached hydrogens (primary N) is 1. The van der Waals surface area contributed by atoms with Crippen molar-refractivity contribution in [3.63, 3.8) is 0 Å². The van der Waals surface area contributed by atoms with Gasteiger partial charge in [-0.25, -0.2) is 0 Å². The van der Waals surface area contributed by atoms with Gasteiger partial charge in [0.15, 0.2) is 0 Å². The number of halogens is 1. The highest BCUT2D eigenvalue weighted by Crippen LogP contribution is 2.34. The van der Waals surface area contributed by atoms with Crippen molar-refractivity contribution in [2.45, 2.75) is 12.5 Å². The number of hydrogen-bond acceptors (Lipinski definition) is 3. The van der Waals surface area contributed by atoms with E-state index in [0.29, 0.717) is 13.0 Å². The predicted octanol–water partition coefficient (Wildman–Crippen LogP) is 1.41. The summed E-state index contributed by atoms with van der Waals surface area (Å²) >= 11 is 3.33. The number of carbonyl (C=O) groups is 1. The van der Waals surface area contributed by atoms with Gasteiger partial charge in [-0.2, -0.15) is 0 Å². The van der Waals surface area contributed by atoms with Crippen molar-refractivity contribution in [2.24, 2.45) is 11.7 Å². The molecule has 0 saturated carbocycles. The van der Waals surface area contributed by atoms with Crippen molar-refractivity contribution < 1.29 is 9.53 Å². The van der Waals surface area contributed by atoms with Crippen LogP contribution >= 0.6 is 15.9 Å². The second-order valence-corrected chi connectivity index (χ2v) is 4.44. The van der Waals surface area contributed by atoms with Crippen molar-refractivity contribution in [3.8, 4) is 0 Å². The fourth-order valence-corrected chi connectivity index (χ4v) is 2.18. The van der Waals surface area contributed by atoms with Crippen LogP contribution in [0.5, 0.6) is 0 Å². The number of carbonyl (C=O) groups excluding carboxylic acids is 1. The van der Waals surface area contributed by atoms with Crippen molar-refractivity contribution >= 4 is 21.8 Å². The third-order valence-corrected chi connectivity index (χ3v) is 2.95. The molecule has 0 aliphatic carbocycles. The van der Waals surface area contributed by atoms with Crippen molar-refractivity contribution in [3.05, 3.63) is 28.5 Å². The molecule has 1 aliphatic rings. The summed E-state index contributed by atoms with van der Waals surface area (Å²) in [5, 5.41) is 0. The van der Waals surface area contributed by atoms with Crippen LogP contribution in [0.3, 0.4) is 0 Å². The lowest BCUT2D eigenvalue weighted by Gasteiger charge is -2.15. The normalized spacial score (nSPS) is 25.4. The minimum atomic E-state index is -0.308. The molecule has 1 aliphatic heterocycles. The number of pyridine rings is 1. The van der Waals surface area contributed by atoms with Gasteiger partial charge < -0.3 is 10.5 Å². The van der Waals surface area contributed by atoms with E-state index in [1.54, 1.807) is 12.4 Å². The highest BCUT2D eigenvalue weighted by atomic mass is 79.9. The number of aromatic nitrogens is 1. The molecule has 2 N–H and O–H groups in total. The van der Waals surface area contributed by atoms with Crippen LogP contribution in [0.15, 0.2) is 22.9 Å². The lowest BCUT2D eigenvalue weighted by atomic mass is 9.96. The molecule has 1 aromatic rings. The molecular formula is C10H11BrN2O2. The molecular weight excluding hydrogens is 260 g/mol. The third kappa shape index (κ3) is 2.18. The molecule has 0 spiro atoms. The molecule has 1 aromatic heterocycles. The van der Waals surface area contributed by atoms with Gasteiger partial charge in [0.2, 0.25) is 5.91 Å². The van der Waals surface area contributed by atoms with Crippen LogP contribution in [0, 0.1) is 5.92 Å². The van der Waals surface area contributed by atoms with E-state index in [9.17, 15) is 4.79 Å². The number of nitrogens with zero attached hydrogens (tertiary/aromatic N) is 1. The molecule has 80 valence electrons. The van der Waals surface area contributed by atoms with E-state index in [1.165, 1.54) is 0 Å². The van der Waals surface area contributed by atoms with E-state index in [-0.39, 0.29) is 17.9 Å². The molecule has 0 radical (unpaired) electrons. The number of ether oxygens (including phenoxy) is 1. The van der Waals surface area contributed by atoms with Crippen molar-refractivity contribution in [2.75, 3.05) is 6.61 Å². The molecule has 2 heterocycles. The lowest BCUT2D eigenvalue weighted by Crippen LogP contribution is -2.25. The van der Waals surface area contributed by atoms with E-state index in [0.717, 1.165) is 10.0 Å². The number of amides is 1. The molecule has 15 heavy (non-hydrogen) atoms. The van der Waals surface area contributed by atoms with Crippen LogP contribution in [0.4, 0.5) is 0 Å². The first-order chi connectivity index (χ1) is 7.18. The van der Waals surface area contributed by atoms with Gasteiger partial charge in [-0.15, -0.1) is 0 Å². The topological polar surface area (TPSA) is 65.2 Å². The summed E-state index contributed by atoms with van der Waals surface area (Å²) < 4.78 is 6.38. The fourth-order valence-electron chi connectivity index (χ4n) is 1.79. The zero-order valence-corrected chi connectivity index (χ0v) is 9.61. The zero-order chi connectivity index (χ0) is 10.8. The summed E-state index contributed by atoms with van der Waals surface area (Å²) in [6.07, 6.45) is 3.84. The van der Waals surface area contributed by atoms with Gasteiger partial charge in [-0.1, -0.05) is 0 Å². The van der Waals surface area contributed by atoms with Crippen LogP contribution in [0.1, 0.15) is 18.1 Å². The first-order valence-electron chi connectivity index (χ1n) is 4.70. The quantitative estimate of drug-likeness (QED) is 0.884. The Morgan fingerprint density at radius 1 is 1.60 bits per heavy atom. The van der Waals surface area contributed by atoms with E-state index in [4.69, 9.17) is 10.5 Å². The molecule has 2 atom stereocenters. The first kappa shape index (κ1) is 10.6. The Balaban J connectivity index is 2.26. The van der Waals surface area contributed by atoms with Gasteiger partial charge in [-0.3, -0.25) is 9.78 Å². The molecule has 4 nitrogen and oxygen atoms in total. The second-order valence-electron chi connectivity index (χ2n) is 3.53. The van der Waals surface area contributed by atoms with Crippen molar-refractivity contribution in [1.29, 1.82) is 0 Å². The van der Waals surface area contributed by atoms with Crippen LogP contribution in [0.25, 0.3) is 0 Å². The maximum Gasteiger partial charge on any atom is 0.223 e. The molecule has 1 saturated heterocycles. The number of hydrogen-bond donors (Lipinski definition) is 1. The van der Waals surface area contributed by atoms with E-state index in [1.807, 2.05) is 6.07 Å². The maximum atomic E-state index is 11.2. The SMILES string of the molecule is NC(=O)[C@@H]1CCO[C@H]1c1cncc(Br)c1. The van der Waals surface area contributed by atoms with Crippen LogP contribution in [-0.2, 0) is 9.53 Å². The van der Waals surface area contributed by atoms with Gasteiger partial charge >= 0.3 is 0 Å². The Morgan fingerprint density at radius 3 is 3.07 bits per heavy atom. The molecule has 0 unspecified atom stereocenters. The Hall–Kier alpha value is -0.940. The predicted molar refractivity (Wildman–Crippen MR) is 57.9 cm³/mol. The average Bonchev–Trinajstić information content (AvgIpc) is 2.65. The Labute approximate surface area is 96.0 Å². The van der Waals surface area contributed by atoms with Crippen LogP contribution in [-0.4, -0.2) is 17.5 Å². The van der Waals surface area contributed by atoms with E-state index < -0.39 is 0 Å². The van der Waals surface area contributed by atoms with Crippen LogP contribution in [0.2, 0.25) is 0 Å². The molecule has 0 aromatic carbocycles. The van der Waals surface area contributed by atoms with E-state index >= 15 is 0 Å². The summed E-state index contributed by atoms with van der Waals surface area (Å²) in [5.41, 5.74) is 6.21. The number of rotatable bonds is 2. The Morgan fingerprint density at radius 2 is 2.40 bits per heavy atom. The van der Waals surface area contributed by atoms with Gasteiger partial charge in [-0.05, 0) is 28.4 Å². The van der Waals surface area contributed by atoms with Gasteiger partial charge in [0.1, 0.15) is 0 Å². The van der Waals surface area contributed by atoms with Gasteiger partial charge in [0.05, 0.1) is 12.0 Å². The summed E-state index contributed by atoms with van der Waals surface area (Å²) in [5.74, 6) is -0.543. The summed E-state index contributed by atoms with van der Waals surface area (Å²) in [4.78, 5) is 15.2. The second kappa shape index (κ2) is 4.28. The van der Waals surface area contributed by atoms with Gasteiger partial charge in [0, 0.05) is 29.0 Å². The number of primary amides is 1. The summed E-state index contributed by atoms with van der Waals surface area (Å²) in [7, 11) is 0. The first-order valence-corrected chi connectivity index (χ1v) is 5.49.